The number of piperidine rings is 1. The van der Waals surface area contributed by atoms with Gasteiger partial charge >= 0.3 is 0 Å². The summed E-state index contributed by atoms with van der Waals surface area (Å²) < 4.78 is 0. The van der Waals surface area contributed by atoms with E-state index in [0.29, 0.717) is 6.42 Å². The van der Waals surface area contributed by atoms with Gasteiger partial charge in [0.2, 0.25) is 5.91 Å². The van der Waals surface area contributed by atoms with E-state index in [1.165, 1.54) is 6.42 Å². The van der Waals surface area contributed by atoms with E-state index in [1.54, 1.807) is 12.1 Å². The highest BCUT2D eigenvalue weighted by Crippen LogP contribution is 2.31. The maximum absolute atomic E-state index is 11.9. The van der Waals surface area contributed by atoms with Crippen LogP contribution in [0.25, 0.3) is 0 Å². The van der Waals surface area contributed by atoms with E-state index in [2.05, 4.69) is 0 Å². The van der Waals surface area contributed by atoms with E-state index < -0.39 is 0 Å². The molecule has 1 aromatic rings. The molecule has 1 aliphatic rings. The molecule has 17 heavy (non-hydrogen) atoms. The highest BCUT2D eigenvalue weighted by atomic mass is 16.3. The molecular formula is C14H19NO2. The number of hydrogen-bond acceptors (Lipinski definition) is 2. The van der Waals surface area contributed by atoms with E-state index in [-0.39, 0.29) is 17.7 Å². The average Bonchev–Trinajstić information content (AvgIpc) is 2.39. The molecule has 1 amide bonds. The molecule has 0 aliphatic carbocycles. The van der Waals surface area contributed by atoms with Gasteiger partial charge in [0.15, 0.2) is 0 Å². The Balaban J connectivity index is 2.21. The van der Waals surface area contributed by atoms with Crippen molar-refractivity contribution in [2.75, 3.05) is 6.54 Å². The van der Waals surface area contributed by atoms with Gasteiger partial charge in [-0.2, -0.15) is 0 Å². The van der Waals surface area contributed by atoms with Crippen molar-refractivity contribution >= 4 is 5.91 Å². The minimum Gasteiger partial charge on any atom is -0.508 e. The SMILES string of the molecule is CCC(=O)N1CCCCC1c1ccc(O)cc1. The molecule has 0 saturated carbocycles. The highest BCUT2D eigenvalue weighted by molar-refractivity contribution is 5.76. The topological polar surface area (TPSA) is 40.5 Å². The fourth-order valence-corrected chi connectivity index (χ4v) is 2.48. The second-order valence-corrected chi connectivity index (χ2v) is 4.54. The Morgan fingerprint density at radius 3 is 2.71 bits per heavy atom. The molecule has 1 N–H and O–H groups in total. The molecule has 1 unspecified atom stereocenters. The van der Waals surface area contributed by atoms with E-state index >= 15 is 0 Å². The first-order valence-corrected chi connectivity index (χ1v) is 6.30. The number of rotatable bonds is 2. The molecule has 1 saturated heterocycles. The molecule has 1 aliphatic heterocycles. The van der Waals surface area contributed by atoms with Crippen LogP contribution in [0.15, 0.2) is 24.3 Å². The predicted molar refractivity (Wildman–Crippen MR) is 66.7 cm³/mol. The van der Waals surface area contributed by atoms with Gasteiger partial charge in [-0.05, 0) is 37.0 Å². The van der Waals surface area contributed by atoms with E-state index in [9.17, 15) is 9.90 Å². The predicted octanol–water partition coefficient (Wildman–Crippen LogP) is 2.86. The molecule has 2 rings (SSSR count). The summed E-state index contributed by atoms with van der Waals surface area (Å²) in [5.74, 6) is 0.501. The number of phenolic OH excluding ortho intramolecular Hbond substituents is 1. The monoisotopic (exact) mass is 233 g/mol. The summed E-state index contributed by atoms with van der Waals surface area (Å²) in [6, 6.07) is 7.41. The molecule has 0 bridgehead atoms. The Bertz CT molecular complexity index is 386. The molecule has 0 aromatic heterocycles. The quantitative estimate of drug-likeness (QED) is 0.853. The minimum absolute atomic E-state index is 0.191. The van der Waals surface area contributed by atoms with Gasteiger partial charge < -0.3 is 10.0 Å². The number of carbonyl (C=O) groups is 1. The van der Waals surface area contributed by atoms with E-state index in [4.69, 9.17) is 0 Å². The van der Waals surface area contributed by atoms with Gasteiger partial charge in [0.05, 0.1) is 6.04 Å². The van der Waals surface area contributed by atoms with Crippen LogP contribution in [0.2, 0.25) is 0 Å². The molecule has 3 nitrogen and oxygen atoms in total. The van der Waals surface area contributed by atoms with Gasteiger partial charge in [0.25, 0.3) is 0 Å². The lowest BCUT2D eigenvalue weighted by Gasteiger charge is -2.36. The van der Waals surface area contributed by atoms with Crippen LogP contribution in [-0.2, 0) is 4.79 Å². The van der Waals surface area contributed by atoms with Crippen LogP contribution in [0.4, 0.5) is 0 Å². The maximum atomic E-state index is 11.9. The van der Waals surface area contributed by atoms with Gasteiger partial charge in [-0.25, -0.2) is 0 Å². The lowest BCUT2D eigenvalue weighted by Crippen LogP contribution is -2.38. The Labute approximate surface area is 102 Å². The summed E-state index contributed by atoms with van der Waals surface area (Å²) in [7, 11) is 0. The molecule has 1 aromatic carbocycles. The first-order valence-electron chi connectivity index (χ1n) is 6.30. The van der Waals surface area contributed by atoms with Crippen LogP contribution in [0.1, 0.15) is 44.2 Å². The largest absolute Gasteiger partial charge is 0.508 e. The molecule has 1 fully saturated rings. The zero-order valence-electron chi connectivity index (χ0n) is 10.2. The fourth-order valence-electron chi connectivity index (χ4n) is 2.48. The molecule has 0 radical (unpaired) electrons. The number of benzene rings is 1. The molecule has 3 heteroatoms. The van der Waals surface area contributed by atoms with Crippen molar-refractivity contribution < 1.29 is 9.90 Å². The summed E-state index contributed by atoms with van der Waals surface area (Å²) in [4.78, 5) is 13.9. The van der Waals surface area contributed by atoms with Crippen molar-refractivity contribution in [1.29, 1.82) is 0 Å². The Kier molecular flexibility index (Phi) is 3.67. The first-order chi connectivity index (χ1) is 8.22. The van der Waals surface area contributed by atoms with Crippen molar-refractivity contribution in [3.8, 4) is 5.75 Å². The Morgan fingerprint density at radius 1 is 1.35 bits per heavy atom. The van der Waals surface area contributed by atoms with Crippen molar-refractivity contribution in [1.82, 2.24) is 4.90 Å². The zero-order valence-corrected chi connectivity index (χ0v) is 10.2. The van der Waals surface area contributed by atoms with Gasteiger partial charge in [-0.15, -0.1) is 0 Å². The summed E-state index contributed by atoms with van der Waals surface area (Å²) in [6.45, 7) is 2.77. The normalized spacial score (nSPS) is 20.3. The Hall–Kier alpha value is -1.51. The summed E-state index contributed by atoms with van der Waals surface area (Å²) in [6.07, 6.45) is 3.85. The van der Waals surface area contributed by atoms with Gasteiger partial charge in [0.1, 0.15) is 5.75 Å². The van der Waals surface area contributed by atoms with Crippen molar-refractivity contribution in [2.24, 2.45) is 0 Å². The number of likely N-dealkylation sites (tertiary alicyclic amines) is 1. The second kappa shape index (κ2) is 5.21. The molecule has 0 spiro atoms. The highest BCUT2D eigenvalue weighted by Gasteiger charge is 2.26. The Morgan fingerprint density at radius 2 is 2.06 bits per heavy atom. The molecule has 92 valence electrons. The van der Waals surface area contributed by atoms with Crippen molar-refractivity contribution in [3.05, 3.63) is 29.8 Å². The average molecular weight is 233 g/mol. The van der Waals surface area contributed by atoms with Crippen molar-refractivity contribution in [2.45, 2.75) is 38.6 Å². The number of carbonyl (C=O) groups excluding carboxylic acids is 1. The number of phenols is 1. The number of aromatic hydroxyl groups is 1. The molecular weight excluding hydrogens is 214 g/mol. The van der Waals surface area contributed by atoms with Gasteiger partial charge in [-0.1, -0.05) is 19.1 Å². The zero-order chi connectivity index (χ0) is 12.3. The van der Waals surface area contributed by atoms with Crippen LogP contribution in [-0.4, -0.2) is 22.5 Å². The van der Waals surface area contributed by atoms with Crippen LogP contribution in [0.3, 0.4) is 0 Å². The smallest absolute Gasteiger partial charge is 0.222 e. The molecule has 1 atom stereocenters. The van der Waals surface area contributed by atoms with E-state index in [0.717, 1.165) is 24.9 Å². The third-order valence-corrected chi connectivity index (χ3v) is 3.40. The summed E-state index contributed by atoms with van der Waals surface area (Å²) >= 11 is 0. The third kappa shape index (κ3) is 2.60. The van der Waals surface area contributed by atoms with Gasteiger partial charge in [-0.3, -0.25) is 4.79 Å². The minimum atomic E-state index is 0.191. The maximum Gasteiger partial charge on any atom is 0.222 e. The number of amides is 1. The lowest BCUT2D eigenvalue weighted by atomic mass is 9.95. The second-order valence-electron chi connectivity index (χ2n) is 4.54. The van der Waals surface area contributed by atoms with Gasteiger partial charge in [0, 0.05) is 13.0 Å². The lowest BCUT2D eigenvalue weighted by molar-refractivity contribution is -0.134. The van der Waals surface area contributed by atoms with Crippen LogP contribution in [0, 0.1) is 0 Å². The summed E-state index contributed by atoms with van der Waals surface area (Å²) in [5, 5.41) is 9.30. The first kappa shape index (κ1) is 12.0. The third-order valence-electron chi connectivity index (χ3n) is 3.40. The molecule has 1 heterocycles. The fraction of sp³-hybridized carbons (Fsp3) is 0.500. The number of hydrogen-bond donors (Lipinski definition) is 1. The van der Waals surface area contributed by atoms with Crippen LogP contribution < -0.4 is 0 Å². The summed E-state index contributed by atoms with van der Waals surface area (Å²) in [5.41, 5.74) is 1.13. The van der Waals surface area contributed by atoms with E-state index in [1.807, 2.05) is 24.0 Å². The van der Waals surface area contributed by atoms with Crippen LogP contribution in [0.5, 0.6) is 5.75 Å². The standard InChI is InChI=1S/C14H19NO2/c1-2-14(17)15-10-4-3-5-13(15)11-6-8-12(16)9-7-11/h6-9,13,16H,2-5,10H2,1H3. The van der Waals surface area contributed by atoms with Crippen molar-refractivity contribution in [3.63, 3.8) is 0 Å². The van der Waals surface area contributed by atoms with Crippen LogP contribution >= 0.6 is 0 Å². The number of nitrogens with zero attached hydrogens (tertiary/aromatic N) is 1.